The Labute approximate surface area is 110 Å². The van der Waals surface area contributed by atoms with E-state index in [0.717, 1.165) is 16.9 Å². The first kappa shape index (κ1) is 12.8. The molecular formula is C11H16N4O2S. The van der Waals surface area contributed by atoms with Crippen LogP contribution in [0.4, 0.5) is 0 Å². The average Bonchev–Trinajstić information content (AvgIpc) is 2.77. The molecule has 6 nitrogen and oxygen atoms in total. The number of fused-ring (bicyclic) bond motifs is 1. The number of aromatic amines is 1. The van der Waals surface area contributed by atoms with Gasteiger partial charge in [0, 0.05) is 13.1 Å². The highest BCUT2D eigenvalue weighted by Crippen LogP contribution is 2.22. The normalized spacial score (nSPS) is 12.9. The number of rotatable bonds is 3. The minimum absolute atomic E-state index is 0.0755. The summed E-state index contributed by atoms with van der Waals surface area (Å²) in [5.41, 5.74) is 2.70. The minimum atomic E-state index is -0.252. The molecule has 7 heteroatoms. The summed E-state index contributed by atoms with van der Waals surface area (Å²) >= 11 is 5.31. The van der Waals surface area contributed by atoms with Gasteiger partial charge in [0.25, 0.3) is 0 Å². The second kappa shape index (κ2) is 4.56. The van der Waals surface area contributed by atoms with Crippen LogP contribution < -0.4 is 0 Å². The number of imidazole rings is 1. The van der Waals surface area contributed by atoms with Crippen molar-refractivity contribution in [2.24, 2.45) is 7.05 Å². The van der Waals surface area contributed by atoms with Gasteiger partial charge in [-0.25, -0.2) is 0 Å². The average molecular weight is 268 g/mol. The van der Waals surface area contributed by atoms with Crippen molar-refractivity contribution in [1.29, 1.82) is 0 Å². The maximum Gasteiger partial charge on any atom is 0.307 e. The molecule has 2 heterocycles. The fraction of sp³-hybridized carbons (Fsp3) is 0.545. The van der Waals surface area contributed by atoms with Crippen LogP contribution in [-0.4, -0.2) is 32.4 Å². The zero-order valence-electron chi connectivity index (χ0n) is 10.9. The van der Waals surface area contributed by atoms with Gasteiger partial charge in [-0.15, -0.1) is 0 Å². The molecular weight excluding hydrogens is 252 g/mol. The Balaban J connectivity index is 2.53. The van der Waals surface area contributed by atoms with Crippen molar-refractivity contribution in [2.75, 3.05) is 7.11 Å². The van der Waals surface area contributed by atoms with E-state index < -0.39 is 0 Å². The number of H-pyrrole nitrogens is 1. The van der Waals surface area contributed by atoms with Gasteiger partial charge in [0.2, 0.25) is 0 Å². The van der Waals surface area contributed by atoms with Gasteiger partial charge in [-0.3, -0.25) is 14.0 Å². The van der Waals surface area contributed by atoms with E-state index in [1.54, 1.807) is 4.68 Å². The maximum absolute atomic E-state index is 11.4. The molecule has 1 N–H and O–H groups in total. The Hall–Kier alpha value is -1.63. The smallest absolute Gasteiger partial charge is 0.307 e. The number of aromatic nitrogens is 4. The number of ether oxygens (including phenoxy) is 1. The predicted octanol–water partition coefficient (Wildman–Crippen LogP) is 1.86. The first-order valence-corrected chi connectivity index (χ1v) is 6.07. The Bertz CT molecular complexity index is 652. The lowest BCUT2D eigenvalue weighted by molar-refractivity contribution is -0.141. The van der Waals surface area contributed by atoms with E-state index in [-0.39, 0.29) is 18.4 Å². The Morgan fingerprint density at radius 2 is 2.28 bits per heavy atom. The third-order valence-electron chi connectivity index (χ3n) is 3.00. The Morgan fingerprint density at radius 3 is 2.89 bits per heavy atom. The van der Waals surface area contributed by atoms with Crippen LogP contribution in [-0.2, 0) is 16.6 Å². The lowest BCUT2D eigenvalue weighted by Gasteiger charge is -2.13. The highest BCUT2D eigenvalue weighted by Gasteiger charge is 2.19. The summed E-state index contributed by atoms with van der Waals surface area (Å²) in [5, 5.41) is 4.34. The second-order valence-electron chi connectivity index (χ2n) is 4.34. The molecule has 0 spiro atoms. The van der Waals surface area contributed by atoms with Crippen molar-refractivity contribution >= 4 is 29.4 Å². The molecule has 2 aromatic rings. The van der Waals surface area contributed by atoms with Gasteiger partial charge in [-0.1, -0.05) is 0 Å². The van der Waals surface area contributed by atoms with Crippen molar-refractivity contribution in [1.82, 2.24) is 19.3 Å². The van der Waals surface area contributed by atoms with Crippen LogP contribution in [0.2, 0.25) is 0 Å². The summed E-state index contributed by atoms with van der Waals surface area (Å²) < 4.78 is 8.96. The molecule has 18 heavy (non-hydrogen) atoms. The van der Waals surface area contributed by atoms with Crippen molar-refractivity contribution < 1.29 is 9.53 Å². The van der Waals surface area contributed by atoms with Gasteiger partial charge in [0.05, 0.1) is 19.2 Å². The highest BCUT2D eigenvalue weighted by atomic mass is 32.1. The summed E-state index contributed by atoms with van der Waals surface area (Å²) in [4.78, 5) is 14.5. The lowest BCUT2D eigenvalue weighted by atomic mass is 10.2. The fourth-order valence-electron chi connectivity index (χ4n) is 2.16. The molecule has 0 aliphatic rings. The molecule has 98 valence electrons. The number of hydrogen-bond donors (Lipinski definition) is 1. The molecule has 0 aliphatic heterocycles. The molecule has 2 aromatic heterocycles. The van der Waals surface area contributed by atoms with Crippen LogP contribution in [0, 0.1) is 11.7 Å². The molecule has 0 aliphatic carbocycles. The quantitative estimate of drug-likeness (QED) is 0.681. The molecule has 2 rings (SSSR count). The van der Waals surface area contributed by atoms with Gasteiger partial charge in [0.1, 0.15) is 5.52 Å². The third kappa shape index (κ3) is 1.94. The Kier molecular flexibility index (Phi) is 3.25. The number of hydrogen-bond acceptors (Lipinski definition) is 4. The van der Waals surface area contributed by atoms with Crippen LogP contribution in [0.5, 0.6) is 0 Å². The predicted molar refractivity (Wildman–Crippen MR) is 70.0 cm³/mol. The number of methoxy groups -OCH3 is 1. The summed E-state index contributed by atoms with van der Waals surface area (Å²) in [6, 6.07) is -0.0755. The largest absolute Gasteiger partial charge is 0.469 e. The van der Waals surface area contributed by atoms with E-state index in [2.05, 4.69) is 14.8 Å². The van der Waals surface area contributed by atoms with Gasteiger partial charge in [-0.05, 0) is 26.1 Å². The number of aryl methyl sites for hydroxylation is 2. The van der Waals surface area contributed by atoms with Crippen LogP contribution >= 0.6 is 12.2 Å². The number of nitrogens with zero attached hydrogens (tertiary/aromatic N) is 3. The van der Waals surface area contributed by atoms with Gasteiger partial charge < -0.3 is 9.72 Å². The molecule has 0 saturated heterocycles. The summed E-state index contributed by atoms with van der Waals surface area (Å²) in [6.07, 6.45) is 0.280. The minimum Gasteiger partial charge on any atom is -0.469 e. The fourth-order valence-corrected chi connectivity index (χ4v) is 2.53. The van der Waals surface area contributed by atoms with Crippen LogP contribution in [0.15, 0.2) is 0 Å². The number of carbonyl (C=O) groups excluding carboxylic acids is 1. The molecule has 0 fully saturated rings. The van der Waals surface area contributed by atoms with E-state index in [0.29, 0.717) is 4.77 Å². The van der Waals surface area contributed by atoms with E-state index in [1.165, 1.54) is 7.11 Å². The monoisotopic (exact) mass is 268 g/mol. The van der Waals surface area contributed by atoms with Gasteiger partial charge >= 0.3 is 5.97 Å². The molecule has 1 unspecified atom stereocenters. The molecule has 0 bridgehead atoms. The zero-order valence-corrected chi connectivity index (χ0v) is 11.7. The number of nitrogens with one attached hydrogen (secondary N) is 1. The number of esters is 1. The lowest BCUT2D eigenvalue weighted by Crippen LogP contribution is -2.13. The van der Waals surface area contributed by atoms with Crippen molar-refractivity contribution in [2.45, 2.75) is 26.3 Å². The highest BCUT2D eigenvalue weighted by molar-refractivity contribution is 7.71. The van der Waals surface area contributed by atoms with Crippen LogP contribution in [0.25, 0.3) is 11.2 Å². The molecule has 0 amide bonds. The summed E-state index contributed by atoms with van der Waals surface area (Å²) in [5.74, 6) is -0.252. The second-order valence-corrected chi connectivity index (χ2v) is 4.72. The van der Waals surface area contributed by atoms with Crippen molar-refractivity contribution in [3.63, 3.8) is 0 Å². The molecule has 0 aromatic carbocycles. The van der Waals surface area contributed by atoms with E-state index in [9.17, 15) is 4.79 Å². The van der Waals surface area contributed by atoms with Crippen LogP contribution in [0.1, 0.15) is 25.1 Å². The topological polar surface area (TPSA) is 64.8 Å². The van der Waals surface area contributed by atoms with Crippen molar-refractivity contribution in [3.8, 4) is 0 Å². The summed E-state index contributed by atoms with van der Waals surface area (Å²) in [7, 11) is 3.24. The number of carbonyl (C=O) groups is 1. The Morgan fingerprint density at radius 1 is 1.61 bits per heavy atom. The maximum atomic E-state index is 11.4. The van der Waals surface area contributed by atoms with E-state index in [4.69, 9.17) is 12.2 Å². The third-order valence-corrected chi connectivity index (χ3v) is 3.30. The molecule has 1 atom stereocenters. The van der Waals surface area contributed by atoms with Gasteiger partial charge in [0.15, 0.2) is 10.4 Å². The van der Waals surface area contributed by atoms with Gasteiger partial charge in [-0.2, -0.15) is 5.10 Å². The first-order chi connectivity index (χ1) is 8.45. The molecule has 0 radical (unpaired) electrons. The zero-order chi connectivity index (χ0) is 13.4. The van der Waals surface area contributed by atoms with E-state index in [1.807, 2.05) is 25.5 Å². The first-order valence-electron chi connectivity index (χ1n) is 5.66. The molecule has 0 saturated carbocycles. The standard InChI is InChI=1S/C11H16N4O2S/c1-6(5-8(16)17-4)15-10-9(12-11(15)18)7(2)13-14(10)3/h6H,5H2,1-4H3,(H,12,18). The van der Waals surface area contributed by atoms with E-state index >= 15 is 0 Å². The van der Waals surface area contributed by atoms with Crippen LogP contribution in [0.3, 0.4) is 0 Å². The SMILES string of the molecule is COC(=O)CC(C)n1c(=S)[nH]c2c(C)nn(C)c21. The summed E-state index contributed by atoms with van der Waals surface area (Å²) in [6.45, 7) is 3.85. The van der Waals surface area contributed by atoms with Crippen molar-refractivity contribution in [3.05, 3.63) is 10.5 Å².